The van der Waals surface area contributed by atoms with Gasteiger partial charge >= 0.3 is 0 Å². The molecular formula is C24H23ClF3N7. The third-order valence-electron chi connectivity index (χ3n) is 6.74. The molecule has 0 saturated carbocycles. The van der Waals surface area contributed by atoms with Gasteiger partial charge in [-0.2, -0.15) is 5.26 Å². The summed E-state index contributed by atoms with van der Waals surface area (Å²) in [5.74, 6) is 1.03. The topological polar surface area (TPSA) is 73.9 Å². The Bertz CT molecular complexity index is 1280. The molecule has 0 bridgehead atoms. The van der Waals surface area contributed by atoms with Crippen molar-refractivity contribution in [1.82, 2.24) is 24.6 Å². The van der Waals surface area contributed by atoms with Crippen molar-refractivity contribution < 1.29 is 13.2 Å². The van der Waals surface area contributed by atoms with E-state index in [1.807, 2.05) is 34.9 Å². The molecule has 11 heteroatoms. The van der Waals surface area contributed by atoms with E-state index in [-0.39, 0.29) is 12.0 Å². The minimum Gasteiger partial charge on any atom is -0.357 e. The van der Waals surface area contributed by atoms with Crippen LogP contribution in [0.5, 0.6) is 0 Å². The normalized spacial score (nSPS) is 17.6. The summed E-state index contributed by atoms with van der Waals surface area (Å²) in [6.45, 7) is 4.03. The van der Waals surface area contributed by atoms with Gasteiger partial charge in [0.05, 0.1) is 24.3 Å². The Labute approximate surface area is 205 Å². The smallest absolute Gasteiger partial charge is 0.283 e. The Morgan fingerprint density at radius 3 is 2.60 bits per heavy atom. The summed E-state index contributed by atoms with van der Waals surface area (Å²) in [5, 5.41) is 19.1. The first-order valence-electron chi connectivity index (χ1n) is 11.4. The number of rotatable bonds is 4. The van der Waals surface area contributed by atoms with Crippen molar-refractivity contribution in [2.24, 2.45) is 0 Å². The molecule has 4 heterocycles. The van der Waals surface area contributed by atoms with E-state index in [1.165, 1.54) is 6.07 Å². The first-order valence-corrected chi connectivity index (χ1v) is 11.8. The molecule has 5 rings (SSSR count). The molecule has 2 aliphatic heterocycles. The number of nitrogens with zero attached hydrogens (tertiary/aromatic N) is 7. The Kier molecular flexibility index (Phi) is 6.38. The molecule has 1 fully saturated rings. The van der Waals surface area contributed by atoms with Crippen LogP contribution in [0.2, 0.25) is 5.02 Å². The first kappa shape index (κ1) is 23.6. The van der Waals surface area contributed by atoms with E-state index in [2.05, 4.69) is 25.8 Å². The molecule has 1 atom stereocenters. The number of nitriles is 1. The van der Waals surface area contributed by atoms with E-state index in [0.717, 1.165) is 29.0 Å². The molecule has 0 spiro atoms. The van der Waals surface area contributed by atoms with Crippen LogP contribution in [0, 0.1) is 17.1 Å². The number of anilines is 1. The number of piperidine rings is 1. The number of hydrogen-bond acceptors (Lipinski definition) is 6. The zero-order valence-electron chi connectivity index (χ0n) is 19.0. The van der Waals surface area contributed by atoms with Crippen LogP contribution in [0.4, 0.5) is 19.0 Å². The molecule has 3 aromatic rings. The lowest BCUT2D eigenvalue weighted by atomic mass is 9.95. The number of aromatic nitrogens is 4. The van der Waals surface area contributed by atoms with Crippen LogP contribution in [-0.2, 0) is 13.1 Å². The van der Waals surface area contributed by atoms with Gasteiger partial charge in [-0.25, -0.2) is 18.2 Å². The van der Waals surface area contributed by atoms with Gasteiger partial charge in [0.25, 0.3) is 6.43 Å². The maximum absolute atomic E-state index is 13.7. The molecule has 1 aromatic carbocycles. The first-order chi connectivity index (χ1) is 16.9. The van der Waals surface area contributed by atoms with Gasteiger partial charge in [-0.15, -0.1) is 10.2 Å². The van der Waals surface area contributed by atoms with E-state index in [4.69, 9.17) is 11.6 Å². The van der Waals surface area contributed by atoms with Crippen molar-refractivity contribution >= 4 is 17.4 Å². The fourth-order valence-corrected chi connectivity index (χ4v) is 5.01. The van der Waals surface area contributed by atoms with E-state index in [1.54, 1.807) is 0 Å². The third-order valence-corrected chi connectivity index (χ3v) is 6.97. The van der Waals surface area contributed by atoms with Crippen molar-refractivity contribution in [1.29, 1.82) is 5.26 Å². The number of hydrogen-bond donors (Lipinski definition) is 0. The molecule has 182 valence electrons. The SMILES string of the molecule is CC(C#N)N1Cc2cc(Cl)ccc2-n2c(nnc2C2CCN(c3ccc(F)c(C(F)F)n3)CC2)C1. The van der Waals surface area contributed by atoms with Gasteiger partial charge in [0.2, 0.25) is 0 Å². The minimum absolute atomic E-state index is 0.0889. The Hall–Kier alpha value is -3.16. The molecule has 0 radical (unpaired) electrons. The number of halogens is 4. The maximum Gasteiger partial charge on any atom is 0.283 e. The molecule has 0 N–H and O–H groups in total. The van der Waals surface area contributed by atoms with Crippen LogP contribution in [0.3, 0.4) is 0 Å². The Morgan fingerprint density at radius 2 is 1.89 bits per heavy atom. The van der Waals surface area contributed by atoms with Gasteiger partial charge in [0.1, 0.15) is 17.3 Å². The molecule has 1 unspecified atom stereocenters. The molecule has 1 saturated heterocycles. The number of alkyl halides is 2. The average molecular weight is 502 g/mol. The molecule has 0 aliphatic carbocycles. The standard InChI is InChI=1S/C24H23ClF3N7/c1-14(11-29)34-12-16-10-17(25)2-4-19(16)35-21(13-34)31-32-24(35)15-6-8-33(9-7-15)20-5-3-18(26)22(30-20)23(27)28/h2-5,10,14-15,23H,6-9,12-13H2,1H3. The zero-order valence-corrected chi connectivity index (χ0v) is 19.8. The van der Waals surface area contributed by atoms with Crippen molar-refractivity contribution in [3.63, 3.8) is 0 Å². The predicted octanol–water partition coefficient (Wildman–Crippen LogP) is 5.00. The van der Waals surface area contributed by atoms with Gasteiger partial charge in [-0.3, -0.25) is 9.47 Å². The van der Waals surface area contributed by atoms with E-state index >= 15 is 0 Å². The summed E-state index contributed by atoms with van der Waals surface area (Å²) in [5.41, 5.74) is 1.12. The second-order valence-corrected chi connectivity index (χ2v) is 9.33. The lowest BCUT2D eigenvalue weighted by Crippen LogP contribution is -2.34. The number of benzene rings is 1. The van der Waals surface area contributed by atoms with Crippen LogP contribution < -0.4 is 4.90 Å². The Morgan fingerprint density at radius 1 is 1.11 bits per heavy atom. The van der Waals surface area contributed by atoms with Crippen molar-refractivity contribution in [3.8, 4) is 11.8 Å². The number of fused-ring (bicyclic) bond motifs is 3. The highest BCUT2D eigenvalue weighted by molar-refractivity contribution is 6.30. The van der Waals surface area contributed by atoms with Gasteiger partial charge in [0, 0.05) is 30.6 Å². The summed E-state index contributed by atoms with van der Waals surface area (Å²) < 4.78 is 41.9. The summed E-state index contributed by atoms with van der Waals surface area (Å²) in [6, 6.07) is 10.2. The lowest BCUT2D eigenvalue weighted by molar-refractivity contribution is 0.140. The van der Waals surface area contributed by atoms with E-state index in [9.17, 15) is 18.4 Å². The largest absolute Gasteiger partial charge is 0.357 e. The van der Waals surface area contributed by atoms with Crippen LogP contribution in [0.1, 0.15) is 55.0 Å². The third kappa shape index (κ3) is 4.46. The molecule has 2 aromatic heterocycles. The Balaban J connectivity index is 1.42. The zero-order chi connectivity index (χ0) is 24.7. The second-order valence-electron chi connectivity index (χ2n) is 8.89. The fraction of sp³-hybridized carbons (Fsp3) is 0.417. The summed E-state index contributed by atoms with van der Waals surface area (Å²) in [7, 11) is 0. The molecular weight excluding hydrogens is 479 g/mol. The summed E-state index contributed by atoms with van der Waals surface area (Å²) in [6.07, 6.45) is -1.54. The lowest BCUT2D eigenvalue weighted by Gasteiger charge is -2.32. The second kappa shape index (κ2) is 9.47. The van der Waals surface area contributed by atoms with E-state index < -0.39 is 17.9 Å². The van der Waals surface area contributed by atoms with Gasteiger partial charge in [0.15, 0.2) is 11.6 Å². The number of pyridine rings is 1. The van der Waals surface area contributed by atoms with E-state index in [0.29, 0.717) is 49.9 Å². The highest BCUT2D eigenvalue weighted by Gasteiger charge is 2.31. The molecule has 2 aliphatic rings. The van der Waals surface area contributed by atoms with Crippen LogP contribution in [0.25, 0.3) is 5.69 Å². The summed E-state index contributed by atoms with van der Waals surface area (Å²) >= 11 is 6.29. The van der Waals surface area contributed by atoms with Crippen LogP contribution in [-0.4, -0.2) is 43.8 Å². The predicted molar refractivity (Wildman–Crippen MR) is 124 cm³/mol. The van der Waals surface area contributed by atoms with Crippen molar-refractivity contribution in [2.75, 3.05) is 18.0 Å². The van der Waals surface area contributed by atoms with Gasteiger partial charge in [-0.1, -0.05) is 11.6 Å². The maximum atomic E-state index is 13.7. The van der Waals surface area contributed by atoms with Crippen molar-refractivity contribution in [2.45, 2.75) is 51.2 Å². The highest BCUT2D eigenvalue weighted by atomic mass is 35.5. The highest BCUT2D eigenvalue weighted by Crippen LogP contribution is 2.35. The van der Waals surface area contributed by atoms with Gasteiger partial charge in [-0.05, 0) is 55.7 Å². The average Bonchev–Trinajstić information content (AvgIpc) is 3.19. The van der Waals surface area contributed by atoms with Crippen LogP contribution >= 0.6 is 11.6 Å². The van der Waals surface area contributed by atoms with Gasteiger partial charge < -0.3 is 4.90 Å². The van der Waals surface area contributed by atoms with Crippen LogP contribution in [0.15, 0.2) is 30.3 Å². The summed E-state index contributed by atoms with van der Waals surface area (Å²) in [4.78, 5) is 7.79. The monoisotopic (exact) mass is 501 g/mol. The van der Waals surface area contributed by atoms with Crippen molar-refractivity contribution in [3.05, 3.63) is 64.1 Å². The molecule has 0 amide bonds. The fourth-order valence-electron chi connectivity index (χ4n) is 4.81. The minimum atomic E-state index is -2.96. The molecule has 35 heavy (non-hydrogen) atoms. The molecule has 7 nitrogen and oxygen atoms in total. The quantitative estimate of drug-likeness (QED) is 0.500.